The topological polar surface area (TPSA) is 38.5 Å². The smallest absolute Gasteiger partial charge is 0.0620 e. The first-order valence-corrected chi connectivity index (χ1v) is 6.54. The average Bonchev–Trinajstić information content (AvgIpc) is 2.56. The molecule has 16 heavy (non-hydrogen) atoms. The van der Waals surface area contributed by atoms with Crippen LogP contribution in [0.4, 0.5) is 0 Å². The van der Waals surface area contributed by atoms with Crippen LogP contribution in [0.1, 0.15) is 40.0 Å². The number of morpholine rings is 1. The molecule has 2 fully saturated rings. The number of nitrogens with zero attached hydrogens (tertiary/aromatic N) is 1. The maximum Gasteiger partial charge on any atom is 0.0620 e. The van der Waals surface area contributed by atoms with Crippen molar-refractivity contribution in [2.75, 3.05) is 26.3 Å². The number of hydrogen-bond donors (Lipinski definition) is 1. The zero-order chi connectivity index (χ0) is 11.8. The van der Waals surface area contributed by atoms with Gasteiger partial charge in [0.05, 0.1) is 13.2 Å². The molecule has 0 amide bonds. The summed E-state index contributed by atoms with van der Waals surface area (Å²) >= 11 is 0. The van der Waals surface area contributed by atoms with E-state index in [0.717, 1.165) is 26.3 Å². The standard InChI is InChI=1S/C13H26N2O/c1-11-8-16-7-6-15(11)13(10-14)5-4-12(2,3)9-13/h11H,4-10,14H2,1-3H3. The highest BCUT2D eigenvalue weighted by atomic mass is 16.5. The van der Waals surface area contributed by atoms with Crippen LogP contribution in [-0.4, -0.2) is 42.8 Å². The quantitative estimate of drug-likeness (QED) is 0.777. The first-order chi connectivity index (χ1) is 7.49. The fourth-order valence-electron chi connectivity index (χ4n) is 3.61. The number of nitrogens with two attached hydrogens (primary N) is 1. The Morgan fingerprint density at radius 3 is 2.62 bits per heavy atom. The second kappa shape index (κ2) is 4.28. The molecule has 1 aliphatic heterocycles. The molecular formula is C13H26N2O. The molecule has 3 heteroatoms. The summed E-state index contributed by atoms with van der Waals surface area (Å²) in [5, 5.41) is 0. The van der Waals surface area contributed by atoms with E-state index in [-0.39, 0.29) is 5.54 Å². The van der Waals surface area contributed by atoms with E-state index >= 15 is 0 Å². The Kier molecular flexibility index (Phi) is 3.30. The zero-order valence-electron chi connectivity index (χ0n) is 11.0. The van der Waals surface area contributed by atoms with Gasteiger partial charge >= 0.3 is 0 Å². The molecule has 0 aromatic heterocycles. The minimum atomic E-state index is 0.243. The highest BCUT2D eigenvalue weighted by molar-refractivity contribution is 5.03. The van der Waals surface area contributed by atoms with Gasteiger partial charge in [-0.2, -0.15) is 0 Å². The fraction of sp³-hybridized carbons (Fsp3) is 1.00. The molecule has 94 valence electrons. The van der Waals surface area contributed by atoms with Gasteiger partial charge in [0.25, 0.3) is 0 Å². The second-order valence-corrected chi connectivity index (χ2v) is 6.39. The van der Waals surface area contributed by atoms with E-state index in [1.165, 1.54) is 19.3 Å². The molecule has 2 N–H and O–H groups in total. The molecule has 2 unspecified atom stereocenters. The van der Waals surface area contributed by atoms with Crippen LogP contribution in [0.5, 0.6) is 0 Å². The molecule has 1 saturated carbocycles. The Bertz CT molecular complexity index is 254. The van der Waals surface area contributed by atoms with Crippen molar-refractivity contribution in [3.8, 4) is 0 Å². The van der Waals surface area contributed by atoms with Crippen LogP contribution in [0.2, 0.25) is 0 Å². The van der Waals surface area contributed by atoms with E-state index in [9.17, 15) is 0 Å². The van der Waals surface area contributed by atoms with Crippen molar-refractivity contribution >= 4 is 0 Å². The van der Waals surface area contributed by atoms with Crippen LogP contribution in [0.3, 0.4) is 0 Å². The van der Waals surface area contributed by atoms with Gasteiger partial charge < -0.3 is 10.5 Å². The van der Waals surface area contributed by atoms with Gasteiger partial charge in [-0.1, -0.05) is 13.8 Å². The van der Waals surface area contributed by atoms with Gasteiger partial charge in [-0.15, -0.1) is 0 Å². The van der Waals surface area contributed by atoms with E-state index in [2.05, 4.69) is 25.7 Å². The monoisotopic (exact) mass is 226 g/mol. The lowest BCUT2D eigenvalue weighted by molar-refractivity contribution is -0.0573. The maximum atomic E-state index is 6.10. The number of rotatable bonds is 2. The van der Waals surface area contributed by atoms with Crippen LogP contribution in [0, 0.1) is 5.41 Å². The summed E-state index contributed by atoms with van der Waals surface area (Å²) < 4.78 is 5.53. The molecule has 1 aliphatic carbocycles. The Morgan fingerprint density at radius 2 is 2.12 bits per heavy atom. The lowest BCUT2D eigenvalue weighted by atomic mass is 9.86. The number of hydrogen-bond acceptors (Lipinski definition) is 3. The average molecular weight is 226 g/mol. The van der Waals surface area contributed by atoms with E-state index in [4.69, 9.17) is 10.5 Å². The molecule has 0 aromatic carbocycles. The van der Waals surface area contributed by atoms with Gasteiger partial charge in [0.15, 0.2) is 0 Å². The van der Waals surface area contributed by atoms with E-state index in [1.54, 1.807) is 0 Å². The lowest BCUT2D eigenvalue weighted by Gasteiger charge is -2.47. The molecule has 0 radical (unpaired) electrons. The summed E-state index contributed by atoms with van der Waals surface area (Å²) in [6.45, 7) is 10.6. The molecule has 0 spiro atoms. The maximum absolute atomic E-state index is 6.10. The molecule has 3 nitrogen and oxygen atoms in total. The van der Waals surface area contributed by atoms with Crippen LogP contribution < -0.4 is 5.73 Å². The molecule has 2 atom stereocenters. The van der Waals surface area contributed by atoms with Gasteiger partial charge in [-0.05, 0) is 31.6 Å². The summed E-state index contributed by atoms with van der Waals surface area (Å²) in [6, 6.07) is 0.520. The number of ether oxygens (including phenoxy) is 1. The minimum Gasteiger partial charge on any atom is -0.379 e. The van der Waals surface area contributed by atoms with E-state index in [0.29, 0.717) is 11.5 Å². The summed E-state index contributed by atoms with van der Waals surface area (Å²) in [6.07, 6.45) is 3.79. The normalized spacial score (nSPS) is 40.1. The molecular weight excluding hydrogens is 200 g/mol. The van der Waals surface area contributed by atoms with Crippen LogP contribution in [0.15, 0.2) is 0 Å². The molecule has 2 rings (SSSR count). The van der Waals surface area contributed by atoms with Crippen LogP contribution in [0.25, 0.3) is 0 Å². The first kappa shape index (κ1) is 12.3. The molecule has 0 aromatic rings. The van der Waals surface area contributed by atoms with Crippen molar-refractivity contribution < 1.29 is 4.74 Å². The van der Waals surface area contributed by atoms with Crippen molar-refractivity contribution in [3.05, 3.63) is 0 Å². The highest BCUT2D eigenvalue weighted by Gasteiger charge is 2.47. The summed E-state index contributed by atoms with van der Waals surface area (Å²) in [4.78, 5) is 2.62. The Balaban J connectivity index is 2.15. The Morgan fingerprint density at radius 1 is 1.38 bits per heavy atom. The van der Waals surface area contributed by atoms with Crippen molar-refractivity contribution in [3.63, 3.8) is 0 Å². The molecule has 1 heterocycles. The predicted octanol–water partition coefficient (Wildman–Crippen LogP) is 1.61. The van der Waals surface area contributed by atoms with Gasteiger partial charge in [0, 0.05) is 24.7 Å². The second-order valence-electron chi connectivity index (χ2n) is 6.39. The largest absolute Gasteiger partial charge is 0.379 e. The predicted molar refractivity (Wildman–Crippen MR) is 66.4 cm³/mol. The van der Waals surface area contributed by atoms with Crippen molar-refractivity contribution in [1.82, 2.24) is 4.90 Å². The van der Waals surface area contributed by atoms with Gasteiger partial charge in [-0.25, -0.2) is 0 Å². The van der Waals surface area contributed by atoms with E-state index in [1.807, 2.05) is 0 Å². The Labute approximate surface area is 99.3 Å². The Hall–Kier alpha value is -0.120. The van der Waals surface area contributed by atoms with Gasteiger partial charge in [0.1, 0.15) is 0 Å². The van der Waals surface area contributed by atoms with Crippen LogP contribution in [-0.2, 0) is 4.74 Å². The fourth-order valence-corrected chi connectivity index (χ4v) is 3.61. The third-order valence-electron chi connectivity index (χ3n) is 4.43. The third-order valence-corrected chi connectivity index (χ3v) is 4.43. The van der Waals surface area contributed by atoms with Gasteiger partial charge in [-0.3, -0.25) is 4.90 Å². The van der Waals surface area contributed by atoms with Crippen molar-refractivity contribution in [1.29, 1.82) is 0 Å². The molecule has 2 aliphatic rings. The first-order valence-electron chi connectivity index (χ1n) is 6.54. The van der Waals surface area contributed by atoms with Crippen molar-refractivity contribution in [2.45, 2.75) is 51.6 Å². The molecule has 1 saturated heterocycles. The summed E-state index contributed by atoms with van der Waals surface area (Å²) in [5.41, 5.74) is 6.80. The van der Waals surface area contributed by atoms with E-state index < -0.39 is 0 Å². The SMILES string of the molecule is CC1COCCN1C1(CN)CCC(C)(C)C1. The molecule has 0 bridgehead atoms. The highest BCUT2D eigenvalue weighted by Crippen LogP contribution is 2.47. The zero-order valence-corrected chi connectivity index (χ0v) is 11.0. The summed E-state index contributed by atoms with van der Waals surface area (Å²) in [5.74, 6) is 0. The minimum absolute atomic E-state index is 0.243. The third kappa shape index (κ3) is 2.13. The van der Waals surface area contributed by atoms with Crippen LogP contribution >= 0.6 is 0 Å². The van der Waals surface area contributed by atoms with Crippen molar-refractivity contribution in [2.24, 2.45) is 11.1 Å². The summed E-state index contributed by atoms with van der Waals surface area (Å²) in [7, 11) is 0. The van der Waals surface area contributed by atoms with Gasteiger partial charge in [0.2, 0.25) is 0 Å². The lowest BCUT2D eigenvalue weighted by Crippen LogP contribution is -2.60.